The molecule has 4 rings (SSSR count). The molecule has 1 aliphatic heterocycles. The molecule has 35 heavy (non-hydrogen) atoms. The van der Waals surface area contributed by atoms with Crippen molar-refractivity contribution in [2.75, 3.05) is 20.1 Å². The molecule has 0 aliphatic carbocycles. The number of halogens is 2. The van der Waals surface area contributed by atoms with E-state index in [1.165, 1.54) is 18.2 Å². The number of nitrogens with zero attached hydrogens (tertiary/aromatic N) is 3. The molecule has 5 nitrogen and oxygen atoms in total. The number of hydrogen-bond donors (Lipinski definition) is 0. The van der Waals surface area contributed by atoms with Crippen molar-refractivity contribution in [3.05, 3.63) is 99.0 Å². The molecule has 1 aromatic heterocycles. The number of hydrogen-bond acceptors (Lipinski definition) is 4. The van der Waals surface area contributed by atoms with Crippen LogP contribution in [0.25, 0.3) is 5.69 Å². The van der Waals surface area contributed by atoms with Crippen molar-refractivity contribution in [2.45, 2.75) is 45.6 Å². The minimum atomic E-state index is -0.739. The summed E-state index contributed by atoms with van der Waals surface area (Å²) in [5, 5.41) is 4.37. The van der Waals surface area contributed by atoms with Crippen LogP contribution in [0.4, 0.5) is 8.78 Å². The van der Waals surface area contributed by atoms with Crippen molar-refractivity contribution in [3.8, 4) is 5.69 Å². The van der Waals surface area contributed by atoms with Crippen molar-refractivity contribution < 1.29 is 13.6 Å². The molecule has 0 N–H and O–H groups in total. The first-order chi connectivity index (χ1) is 16.9. The summed E-state index contributed by atoms with van der Waals surface area (Å²) in [6.07, 6.45) is 4.71. The maximum Gasteiger partial charge on any atom is 0.255 e. The molecule has 0 bridgehead atoms. The highest BCUT2D eigenvalue weighted by Crippen LogP contribution is 2.23. The Balaban J connectivity index is 1.83. The van der Waals surface area contributed by atoms with Gasteiger partial charge in [-0.1, -0.05) is 37.2 Å². The Morgan fingerprint density at radius 3 is 2.34 bits per heavy atom. The SMILES string of the molecule is CCc1cccc(CC)c1-n1cc(C(=NOC2CCN(C)CC2)c2ccc(F)cc2F)ccc1=O. The summed E-state index contributed by atoms with van der Waals surface area (Å²) >= 11 is 0. The summed E-state index contributed by atoms with van der Waals surface area (Å²) in [7, 11) is 2.06. The van der Waals surface area contributed by atoms with E-state index in [9.17, 15) is 13.6 Å². The van der Waals surface area contributed by atoms with Gasteiger partial charge in [0.15, 0.2) is 0 Å². The van der Waals surface area contributed by atoms with Crippen LogP contribution in [-0.2, 0) is 17.7 Å². The molecule has 3 aromatic rings. The zero-order valence-electron chi connectivity index (χ0n) is 20.4. The summed E-state index contributed by atoms with van der Waals surface area (Å²) in [6, 6.07) is 12.4. The Morgan fingerprint density at radius 1 is 1.03 bits per heavy atom. The molecular formula is C28H31F2N3O2. The van der Waals surface area contributed by atoms with Gasteiger partial charge in [-0.05, 0) is 62.1 Å². The van der Waals surface area contributed by atoms with Gasteiger partial charge in [0.2, 0.25) is 0 Å². The summed E-state index contributed by atoms with van der Waals surface area (Å²) in [6.45, 7) is 5.87. The second-order valence-electron chi connectivity index (χ2n) is 8.93. The lowest BCUT2D eigenvalue weighted by Crippen LogP contribution is -2.33. The van der Waals surface area contributed by atoms with E-state index in [-0.39, 0.29) is 22.9 Å². The lowest BCUT2D eigenvalue weighted by molar-refractivity contribution is 0.0163. The maximum atomic E-state index is 14.9. The first-order valence-corrected chi connectivity index (χ1v) is 12.1. The third-order valence-electron chi connectivity index (χ3n) is 6.54. The highest BCUT2D eigenvalue weighted by Gasteiger charge is 2.21. The molecule has 0 amide bonds. The monoisotopic (exact) mass is 479 g/mol. The van der Waals surface area contributed by atoms with Gasteiger partial charge in [0, 0.05) is 42.5 Å². The molecule has 1 fully saturated rings. The van der Waals surface area contributed by atoms with Crippen molar-refractivity contribution in [3.63, 3.8) is 0 Å². The lowest BCUT2D eigenvalue weighted by Gasteiger charge is -2.27. The molecule has 1 aliphatic rings. The maximum absolute atomic E-state index is 14.9. The normalized spacial score (nSPS) is 15.4. The number of likely N-dealkylation sites (tertiary alicyclic amines) is 1. The second kappa shape index (κ2) is 11.0. The number of aromatic nitrogens is 1. The largest absolute Gasteiger partial charge is 0.392 e. The minimum Gasteiger partial charge on any atom is -0.392 e. The molecule has 2 aromatic carbocycles. The molecule has 2 heterocycles. The highest BCUT2D eigenvalue weighted by atomic mass is 19.1. The fourth-order valence-corrected chi connectivity index (χ4v) is 4.48. The molecule has 0 radical (unpaired) electrons. The first kappa shape index (κ1) is 24.8. The third kappa shape index (κ3) is 5.51. The Labute approximate surface area is 204 Å². The highest BCUT2D eigenvalue weighted by molar-refractivity contribution is 6.12. The molecule has 7 heteroatoms. The van der Waals surface area contributed by atoms with Gasteiger partial charge in [-0.2, -0.15) is 0 Å². The van der Waals surface area contributed by atoms with Gasteiger partial charge < -0.3 is 9.74 Å². The zero-order chi connectivity index (χ0) is 24.9. The fraction of sp³-hybridized carbons (Fsp3) is 0.357. The van der Waals surface area contributed by atoms with Crippen molar-refractivity contribution in [1.29, 1.82) is 0 Å². The first-order valence-electron chi connectivity index (χ1n) is 12.1. The molecule has 0 spiro atoms. The van der Waals surface area contributed by atoms with Crippen LogP contribution < -0.4 is 5.56 Å². The van der Waals surface area contributed by atoms with Gasteiger partial charge in [-0.15, -0.1) is 0 Å². The second-order valence-corrected chi connectivity index (χ2v) is 8.93. The van der Waals surface area contributed by atoms with Gasteiger partial charge in [-0.3, -0.25) is 9.36 Å². The van der Waals surface area contributed by atoms with Crippen LogP contribution in [0.3, 0.4) is 0 Å². The van der Waals surface area contributed by atoms with E-state index in [0.717, 1.165) is 61.7 Å². The summed E-state index contributed by atoms with van der Waals surface area (Å²) < 4.78 is 30.2. The molecular weight excluding hydrogens is 448 g/mol. The third-order valence-corrected chi connectivity index (χ3v) is 6.54. The molecule has 1 saturated heterocycles. The average molecular weight is 480 g/mol. The van der Waals surface area contributed by atoms with E-state index >= 15 is 0 Å². The van der Waals surface area contributed by atoms with Crippen LogP contribution in [0.2, 0.25) is 0 Å². The Kier molecular flexibility index (Phi) is 7.76. The van der Waals surface area contributed by atoms with Crippen LogP contribution in [0.5, 0.6) is 0 Å². The van der Waals surface area contributed by atoms with Crippen molar-refractivity contribution in [1.82, 2.24) is 9.47 Å². The molecule has 184 valence electrons. The smallest absolute Gasteiger partial charge is 0.255 e. The Morgan fingerprint density at radius 2 is 1.71 bits per heavy atom. The van der Waals surface area contributed by atoms with Crippen LogP contribution in [0.15, 0.2) is 64.7 Å². The van der Waals surface area contributed by atoms with Gasteiger partial charge in [0.05, 0.1) is 5.69 Å². The van der Waals surface area contributed by atoms with Crippen LogP contribution in [0, 0.1) is 11.6 Å². The fourth-order valence-electron chi connectivity index (χ4n) is 4.48. The van der Waals surface area contributed by atoms with Crippen LogP contribution >= 0.6 is 0 Å². The number of para-hydroxylation sites is 1. The van der Waals surface area contributed by atoms with E-state index in [1.54, 1.807) is 16.8 Å². The van der Waals surface area contributed by atoms with Gasteiger partial charge in [-0.25, -0.2) is 8.78 Å². The number of piperidine rings is 1. The lowest BCUT2D eigenvalue weighted by atomic mass is 10.0. The van der Waals surface area contributed by atoms with Gasteiger partial charge in [0.25, 0.3) is 5.56 Å². The summed E-state index contributed by atoms with van der Waals surface area (Å²) in [5.41, 5.74) is 3.57. The van der Waals surface area contributed by atoms with Crippen LogP contribution in [0.1, 0.15) is 48.9 Å². The van der Waals surface area contributed by atoms with Crippen molar-refractivity contribution >= 4 is 5.71 Å². The predicted octanol–water partition coefficient (Wildman–Crippen LogP) is 5.10. The van der Waals surface area contributed by atoms with E-state index in [2.05, 4.69) is 17.1 Å². The van der Waals surface area contributed by atoms with Crippen LogP contribution in [-0.4, -0.2) is 41.4 Å². The summed E-state index contributed by atoms with van der Waals surface area (Å²) in [4.78, 5) is 21.1. The van der Waals surface area contributed by atoms with E-state index in [0.29, 0.717) is 5.56 Å². The number of benzene rings is 2. The molecule has 0 unspecified atom stereocenters. The Bertz CT molecular complexity index is 1260. The van der Waals surface area contributed by atoms with E-state index < -0.39 is 11.6 Å². The predicted molar refractivity (Wildman–Crippen MR) is 134 cm³/mol. The zero-order valence-corrected chi connectivity index (χ0v) is 20.4. The number of oxime groups is 1. The topological polar surface area (TPSA) is 46.8 Å². The number of pyridine rings is 1. The quantitative estimate of drug-likeness (QED) is 0.350. The standard InChI is InChI=1S/C28H31F2N3O2/c1-4-19-7-6-8-20(5-2)28(19)33-18-21(9-12-26(33)34)27(24-11-10-22(29)17-25(24)30)31-35-23-13-15-32(3)16-14-23/h6-12,17-18,23H,4-5,13-16H2,1-3H3. The Hall–Kier alpha value is -3.32. The van der Waals surface area contributed by atoms with Gasteiger partial charge >= 0.3 is 0 Å². The minimum absolute atomic E-state index is 0.0943. The van der Waals surface area contributed by atoms with Crippen molar-refractivity contribution in [2.24, 2.45) is 5.16 Å². The number of aryl methyl sites for hydroxylation is 2. The average Bonchev–Trinajstić information content (AvgIpc) is 2.86. The van der Waals surface area contributed by atoms with E-state index in [1.807, 2.05) is 32.0 Å². The van der Waals surface area contributed by atoms with Gasteiger partial charge in [0.1, 0.15) is 23.5 Å². The summed E-state index contributed by atoms with van der Waals surface area (Å²) in [5.74, 6) is -1.41. The molecule has 0 saturated carbocycles. The molecule has 0 atom stereocenters. The number of rotatable bonds is 7. The van der Waals surface area contributed by atoms with E-state index in [4.69, 9.17) is 4.84 Å².